The fourth-order valence-corrected chi connectivity index (χ4v) is 3.15. The summed E-state index contributed by atoms with van der Waals surface area (Å²) in [6.07, 6.45) is 2.17. The minimum Gasteiger partial charge on any atom is -0.473 e. The van der Waals surface area contributed by atoms with Gasteiger partial charge in [0.1, 0.15) is 11.6 Å². The summed E-state index contributed by atoms with van der Waals surface area (Å²) in [7, 11) is 0. The van der Waals surface area contributed by atoms with Gasteiger partial charge in [0.25, 0.3) is 0 Å². The Morgan fingerprint density at radius 3 is 2.33 bits per heavy atom. The van der Waals surface area contributed by atoms with E-state index in [2.05, 4.69) is 29.3 Å². The predicted molar refractivity (Wildman–Crippen MR) is 105 cm³/mol. The summed E-state index contributed by atoms with van der Waals surface area (Å²) in [5.74, 6) is 0.507. The zero-order valence-electron chi connectivity index (χ0n) is 15.7. The maximum atomic E-state index is 13.0. The van der Waals surface area contributed by atoms with Crippen LogP contribution in [0.3, 0.4) is 0 Å². The lowest BCUT2D eigenvalue weighted by molar-refractivity contribution is 0.181. The van der Waals surface area contributed by atoms with Crippen LogP contribution in [0, 0.1) is 5.82 Å². The smallest absolute Gasteiger partial charge is 0.320 e. The van der Waals surface area contributed by atoms with Gasteiger partial charge in [-0.3, -0.25) is 0 Å². The quantitative estimate of drug-likeness (QED) is 0.789. The number of anilines is 1. The van der Waals surface area contributed by atoms with Crippen molar-refractivity contribution in [3.63, 3.8) is 0 Å². The summed E-state index contributed by atoms with van der Waals surface area (Å²) in [6.45, 7) is 4.98. The molecule has 0 bridgehead atoms. The topological polar surface area (TPSA) is 44.8 Å². The number of nitrogens with one attached hydrogen (secondary N) is 1. The van der Waals surface area contributed by atoms with Crippen LogP contribution in [0.1, 0.15) is 18.9 Å². The second-order valence-electron chi connectivity index (χ2n) is 6.62. The average molecular weight is 371 g/mol. The lowest BCUT2D eigenvalue weighted by atomic mass is 10.1. The molecule has 1 fully saturated rings. The van der Waals surface area contributed by atoms with E-state index in [1.54, 1.807) is 17.0 Å². The van der Waals surface area contributed by atoms with Gasteiger partial charge in [-0.2, -0.15) is 0 Å². The summed E-state index contributed by atoms with van der Waals surface area (Å²) < 4.78 is 18.6. The van der Waals surface area contributed by atoms with E-state index in [1.165, 1.54) is 17.7 Å². The van der Waals surface area contributed by atoms with Crippen molar-refractivity contribution in [3.8, 4) is 5.75 Å². The van der Waals surface area contributed by atoms with Crippen molar-refractivity contribution in [2.45, 2.75) is 19.8 Å². The second-order valence-corrected chi connectivity index (χ2v) is 6.62. The van der Waals surface area contributed by atoms with Crippen LogP contribution in [0.15, 0.2) is 48.5 Å². The Labute approximate surface area is 159 Å². The Bertz CT molecular complexity index is 726. The molecule has 1 heterocycles. The van der Waals surface area contributed by atoms with Crippen LogP contribution in [-0.4, -0.2) is 43.8 Å². The summed E-state index contributed by atoms with van der Waals surface area (Å²) in [6, 6.07) is 14.3. The summed E-state index contributed by atoms with van der Waals surface area (Å²) in [5, 5.41) is 2.80. The fourth-order valence-electron chi connectivity index (χ4n) is 3.15. The highest BCUT2D eigenvalue weighted by Gasteiger charge is 2.21. The Kier molecular flexibility index (Phi) is 6.52. The summed E-state index contributed by atoms with van der Waals surface area (Å²) in [4.78, 5) is 16.2. The molecule has 5 nitrogen and oxygen atoms in total. The van der Waals surface area contributed by atoms with Crippen molar-refractivity contribution in [1.82, 2.24) is 10.2 Å². The number of rotatable bonds is 6. The summed E-state index contributed by atoms with van der Waals surface area (Å²) >= 11 is 0. The van der Waals surface area contributed by atoms with Gasteiger partial charge in [-0.15, -0.1) is 0 Å². The number of hydrogen-bond acceptors (Lipinski definition) is 3. The molecular formula is C21H26FN3O2. The molecule has 1 N–H and O–H groups in total. The van der Waals surface area contributed by atoms with E-state index in [0.29, 0.717) is 13.1 Å². The van der Waals surface area contributed by atoms with Gasteiger partial charge in [0.15, 0.2) is 6.73 Å². The molecule has 0 unspecified atom stereocenters. The van der Waals surface area contributed by atoms with Crippen molar-refractivity contribution in [1.29, 1.82) is 0 Å². The third-order valence-corrected chi connectivity index (χ3v) is 4.68. The van der Waals surface area contributed by atoms with Gasteiger partial charge >= 0.3 is 6.03 Å². The number of carbonyl (C=O) groups excluding carboxylic acids is 1. The zero-order valence-corrected chi connectivity index (χ0v) is 15.7. The number of benzene rings is 2. The predicted octanol–water partition coefficient (Wildman–Crippen LogP) is 3.65. The van der Waals surface area contributed by atoms with Gasteiger partial charge in [-0.05, 0) is 48.4 Å². The molecule has 0 aliphatic carbocycles. The Hall–Kier alpha value is -2.76. The van der Waals surface area contributed by atoms with E-state index in [9.17, 15) is 9.18 Å². The van der Waals surface area contributed by atoms with Gasteiger partial charge < -0.3 is 19.9 Å². The van der Waals surface area contributed by atoms with E-state index < -0.39 is 0 Å². The number of carbonyl (C=O) groups is 1. The third kappa shape index (κ3) is 5.36. The van der Waals surface area contributed by atoms with Gasteiger partial charge in [0.05, 0.1) is 0 Å². The molecule has 1 saturated heterocycles. The highest BCUT2D eigenvalue weighted by Crippen LogP contribution is 2.17. The van der Waals surface area contributed by atoms with Gasteiger partial charge in [0, 0.05) is 31.9 Å². The molecule has 3 rings (SSSR count). The van der Waals surface area contributed by atoms with E-state index in [4.69, 9.17) is 4.74 Å². The van der Waals surface area contributed by atoms with Crippen LogP contribution in [0.2, 0.25) is 0 Å². The molecule has 144 valence electrons. The number of amides is 2. The molecule has 0 spiro atoms. The average Bonchev–Trinajstić information content (AvgIpc) is 2.70. The first-order valence-electron chi connectivity index (χ1n) is 9.40. The minimum atomic E-state index is -0.239. The fraction of sp³-hybridized carbons (Fsp3) is 0.381. The first-order chi connectivity index (χ1) is 13.2. The van der Waals surface area contributed by atoms with Gasteiger partial charge in [-0.1, -0.05) is 25.5 Å². The van der Waals surface area contributed by atoms with E-state index in [1.807, 2.05) is 12.1 Å². The van der Waals surface area contributed by atoms with Gasteiger partial charge in [0.2, 0.25) is 0 Å². The summed E-state index contributed by atoms with van der Waals surface area (Å²) in [5.41, 5.74) is 2.26. The molecule has 2 aromatic rings. The van der Waals surface area contributed by atoms with Crippen LogP contribution in [0.4, 0.5) is 14.9 Å². The number of piperazine rings is 1. The molecule has 6 heteroatoms. The SMILES string of the molecule is CCCc1ccc(OCNC(=O)N2CCN(c3ccc(F)cc3)CC2)cc1. The Morgan fingerprint density at radius 2 is 1.70 bits per heavy atom. The normalized spacial score (nSPS) is 14.1. The van der Waals surface area contributed by atoms with Crippen molar-refractivity contribution in [2.75, 3.05) is 37.8 Å². The number of nitrogens with zero attached hydrogens (tertiary/aromatic N) is 2. The Morgan fingerprint density at radius 1 is 1.04 bits per heavy atom. The first-order valence-corrected chi connectivity index (χ1v) is 9.40. The van der Waals surface area contributed by atoms with Crippen LogP contribution < -0.4 is 15.0 Å². The highest BCUT2D eigenvalue weighted by atomic mass is 19.1. The lowest BCUT2D eigenvalue weighted by Gasteiger charge is -2.36. The number of urea groups is 1. The molecule has 0 aromatic heterocycles. The monoisotopic (exact) mass is 371 g/mol. The van der Waals surface area contributed by atoms with Gasteiger partial charge in [-0.25, -0.2) is 9.18 Å². The maximum Gasteiger partial charge on any atom is 0.320 e. The zero-order chi connectivity index (χ0) is 19.1. The maximum absolute atomic E-state index is 13.0. The van der Waals surface area contributed by atoms with Crippen LogP contribution >= 0.6 is 0 Å². The van der Waals surface area contributed by atoms with Crippen molar-refractivity contribution < 1.29 is 13.9 Å². The van der Waals surface area contributed by atoms with Crippen LogP contribution in [-0.2, 0) is 6.42 Å². The molecule has 2 amide bonds. The van der Waals surface area contributed by atoms with Crippen molar-refractivity contribution in [3.05, 3.63) is 59.9 Å². The van der Waals surface area contributed by atoms with Crippen LogP contribution in [0.25, 0.3) is 0 Å². The second kappa shape index (κ2) is 9.26. The molecule has 0 radical (unpaired) electrons. The number of hydrogen-bond donors (Lipinski definition) is 1. The van der Waals surface area contributed by atoms with Crippen LogP contribution in [0.5, 0.6) is 5.75 Å². The molecule has 1 aliphatic rings. The number of aryl methyl sites for hydroxylation is 1. The van der Waals surface area contributed by atoms with E-state index in [0.717, 1.165) is 37.4 Å². The molecule has 2 aromatic carbocycles. The lowest BCUT2D eigenvalue weighted by Crippen LogP contribution is -2.52. The van der Waals surface area contributed by atoms with E-state index in [-0.39, 0.29) is 18.6 Å². The molecular weight excluding hydrogens is 345 g/mol. The third-order valence-electron chi connectivity index (χ3n) is 4.68. The molecule has 1 aliphatic heterocycles. The van der Waals surface area contributed by atoms with Crippen molar-refractivity contribution >= 4 is 11.7 Å². The number of ether oxygens (including phenoxy) is 1. The molecule has 0 saturated carbocycles. The highest BCUT2D eigenvalue weighted by molar-refractivity contribution is 5.74. The van der Waals surface area contributed by atoms with E-state index >= 15 is 0 Å². The Balaban J connectivity index is 1.39. The number of halogens is 1. The minimum absolute atomic E-state index is 0.128. The molecule has 27 heavy (non-hydrogen) atoms. The largest absolute Gasteiger partial charge is 0.473 e. The standard InChI is InChI=1S/C21H26FN3O2/c1-2-3-17-4-10-20(11-5-17)27-16-23-21(26)25-14-12-24(13-15-25)19-8-6-18(22)7-9-19/h4-11H,2-3,12-16H2,1H3,(H,23,26). The molecule has 0 atom stereocenters. The van der Waals surface area contributed by atoms with Crippen molar-refractivity contribution in [2.24, 2.45) is 0 Å². The first kappa shape index (κ1) is 19.0.